The van der Waals surface area contributed by atoms with Gasteiger partial charge in [0.25, 0.3) is 0 Å². The van der Waals surface area contributed by atoms with E-state index in [9.17, 15) is 5.11 Å². The van der Waals surface area contributed by atoms with Crippen molar-refractivity contribution in [1.82, 2.24) is 0 Å². The van der Waals surface area contributed by atoms with Gasteiger partial charge in [0, 0.05) is 23.8 Å². The maximum atomic E-state index is 10.2. The molecule has 1 N–H and O–H groups in total. The summed E-state index contributed by atoms with van der Waals surface area (Å²) in [7, 11) is 0. The van der Waals surface area contributed by atoms with E-state index in [1.165, 1.54) is 31.4 Å². The highest BCUT2D eigenvalue weighted by molar-refractivity contribution is 5.56. The monoisotopic (exact) mass is 231 g/mol. The summed E-state index contributed by atoms with van der Waals surface area (Å²) in [6.45, 7) is 1.11. The predicted molar refractivity (Wildman–Crippen MR) is 70.2 cm³/mol. The van der Waals surface area contributed by atoms with E-state index in [1.807, 2.05) is 6.07 Å². The van der Waals surface area contributed by atoms with Gasteiger partial charge in [-0.15, -0.1) is 0 Å². The van der Waals surface area contributed by atoms with Gasteiger partial charge in [0.05, 0.1) is 6.10 Å². The molecule has 1 aliphatic carbocycles. The number of aliphatic hydroxyl groups is 1. The molecule has 1 aliphatic heterocycles. The van der Waals surface area contributed by atoms with Crippen molar-refractivity contribution in [3.63, 3.8) is 0 Å². The number of anilines is 1. The standard InChI is InChI=1S/C15H21NO/c17-15-10-5-11-16(12-6-1-2-7-12)14-9-4-3-8-13(14)15/h3-4,8-9,12,15,17H,1-2,5-7,10-11H2. The van der Waals surface area contributed by atoms with Gasteiger partial charge in [-0.05, 0) is 31.7 Å². The fraction of sp³-hybridized carbons (Fsp3) is 0.600. The molecule has 0 saturated heterocycles. The molecule has 1 fully saturated rings. The van der Waals surface area contributed by atoms with Crippen molar-refractivity contribution < 1.29 is 5.11 Å². The Morgan fingerprint density at radius 1 is 1.00 bits per heavy atom. The number of aliphatic hydroxyl groups excluding tert-OH is 1. The van der Waals surface area contributed by atoms with Crippen molar-refractivity contribution in [1.29, 1.82) is 0 Å². The van der Waals surface area contributed by atoms with Crippen LogP contribution in [0, 0.1) is 0 Å². The molecule has 2 nitrogen and oxygen atoms in total. The summed E-state index contributed by atoms with van der Waals surface area (Å²) in [5.41, 5.74) is 2.42. The van der Waals surface area contributed by atoms with Gasteiger partial charge in [-0.2, -0.15) is 0 Å². The third kappa shape index (κ3) is 2.06. The maximum Gasteiger partial charge on any atom is 0.0810 e. The molecule has 1 atom stereocenters. The van der Waals surface area contributed by atoms with Gasteiger partial charge < -0.3 is 10.0 Å². The first-order valence-corrected chi connectivity index (χ1v) is 6.90. The van der Waals surface area contributed by atoms with Crippen molar-refractivity contribution in [3.05, 3.63) is 29.8 Å². The number of fused-ring (bicyclic) bond motifs is 1. The van der Waals surface area contributed by atoms with E-state index in [0.29, 0.717) is 6.04 Å². The van der Waals surface area contributed by atoms with E-state index in [1.54, 1.807) is 0 Å². The van der Waals surface area contributed by atoms with E-state index in [4.69, 9.17) is 0 Å². The number of benzene rings is 1. The largest absolute Gasteiger partial charge is 0.388 e. The molecule has 17 heavy (non-hydrogen) atoms. The minimum atomic E-state index is -0.266. The zero-order chi connectivity index (χ0) is 11.7. The molecule has 2 aliphatic rings. The lowest BCUT2D eigenvalue weighted by Gasteiger charge is -2.31. The van der Waals surface area contributed by atoms with E-state index < -0.39 is 0 Å². The normalized spacial score (nSPS) is 25.7. The van der Waals surface area contributed by atoms with Crippen LogP contribution in [0.2, 0.25) is 0 Å². The number of rotatable bonds is 1. The Hall–Kier alpha value is -1.02. The minimum Gasteiger partial charge on any atom is -0.388 e. The lowest BCUT2D eigenvalue weighted by Crippen LogP contribution is -2.33. The first-order chi connectivity index (χ1) is 8.36. The number of para-hydroxylation sites is 1. The third-order valence-electron chi connectivity index (χ3n) is 4.25. The Bertz CT molecular complexity index is 384. The van der Waals surface area contributed by atoms with Crippen LogP contribution < -0.4 is 4.90 Å². The third-order valence-corrected chi connectivity index (χ3v) is 4.25. The minimum absolute atomic E-state index is 0.266. The Balaban J connectivity index is 1.96. The highest BCUT2D eigenvalue weighted by atomic mass is 16.3. The summed E-state index contributed by atoms with van der Waals surface area (Å²) >= 11 is 0. The summed E-state index contributed by atoms with van der Waals surface area (Å²) in [4.78, 5) is 2.55. The highest BCUT2D eigenvalue weighted by Gasteiger charge is 2.27. The summed E-state index contributed by atoms with van der Waals surface area (Å²) in [5, 5.41) is 10.2. The van der Waals surface area contributed by atoms with Crippen molar-refractivity contribution in [2.24, 2.45) is 0 Å². The SMILES string of the molecule is OC1CCCN(C2CCCC2)c2ccccc21. The zero-order valence-corrected chi connectivity index (χ0v) is 10.3. The zero-order valence-electron chi connectivity index (χ0n) is 10.3. The van der Waals surface area contributed by atoms with Crippen LogP contribution in [0.3, 0.4) is 0 Å². The quantitative estimate of drug-likeness (QED) is 0.802. The average Bonchev–Trinajstić information content (AvgIpc) is 2.83. The molecule has 0 bridgehead atoms. The second kappa shape index (κ2) is 4.69. The van der Waals surface area contributed by atoms with E-state index in [2.05, 4.69) is 23.1 Å². The first-order valence-electron chi connectivity index (χ1n) is 6.90. The van der Waals surface area contributed by atoms with Gasteiger partial charge in [0.15, 0.2) is 0 Å². The molecule has 0 radical (unpaired) electrons. The van der Waals surface area contributed by atoms with Gasteiger partial charge in [0.1, 0.15) is 0 Å². The second-order valence-electron chi connectivity index (χ2n) is 5.35. The van der Waals surface area contributed by atoms with Crippen LogP contribution in [-0.2, 0) is 0 Å². The van der Waals surface area contributed by atoms with Gasteiger partial charge in [-0.25, -0.2) is 0 Å². The number of hydrogen-bond donors (Lipinski definition) is 1. The van der Waals surface area contributed by atoms with Crippen molar-refractivity contribution >= 4 is 5.69 Å². The van der Waals surface area contributed by atoms with Gasteiger partial charge >= 0.3 is 0 Å². The number of hydrogen-bond acceptors (Lipinski definition) is 2. The van der Waals surface area contributed by atoms with E-state index in [-0.39, 0.29) is 6.10 Å². The molecule has 1 aromatic rings. The molecule has 3 rings (SSSR count). The smallest absolute Gasteiger partial charge is 0.0810 e. The van der Waals surface area contributed by atoms with Crippen LogP contribution in [-0.4, -0.2) is 17.7 Å². The first kappa shape index (κ1) is 11.1. The van der Waals surface area contributed by atoms with Crippen LogP contribution in [0.15, 0.2) is 24.3 Å². The summed E-state index contributed by atoms with van der Waals surface area (Å²) in [5.74, 6) is 0. The summed E-state index contributed by atoms with van der Waals surface area (Å²) < 4.78 is 0. The number of nitrogens with zero attached hydrogens (tertiary/aromatic N) is 1. The topological polar surface area (TPSA) is 23.5 Å². The molecule has 0 amide bonds. The molecule has 1 saturated carbocycles. The van der Waals surface area contributed by atoms with Gasteiger partial charge in [-0.1, -0.05) is 31.0 Å². The Morgan fingerprint density at radius 2 is 1.76 bits per heavy atom. The molecule has 1 aromatic carbocycles. The molecular weight excluding hydrogens is 210 g/mol. The molecule has 1 unspecified atom stereocenters. The molecule has 0 aromatic heterocycles. The van der Waals surface area contributed by atoms with E-state index in [0.717, 1.165) is 24.9 Å². The molecular formula is C15H21NO. The Labute approximate surface area is 103 Å². The van der Waals surface area contributed by atoms with Crippen LogP contribution in [0.4, 0.5) is 5.69 Å². The van der Waals surface area contributed by atoms with Gasteiger partial charge in [0.2, 0.25) is 0 Å². The van der Waals surface area contributed by atoms with Crippen LogP contribution >= 0.6 is 0 Å². The van der Waals surface area contributed by atoms with Crippen LogP contribution in [0.1, 0.15) is 50.2 Å². The predicted octanol–water partition coefficient (Wildman–Crippen LogP) is 3.26. The van der Waals surface area contributed by atoms with Gasteiger partial charge in [-0.3, -0.25) is 0 Å². The van der Waals surface area contributed by atoms with Crippen molar-refractivity contribution in [2.45, 2.75) is 50.7 Å². The van der Waals surface area contributed by atoms with Crippen LogP contribution in [0.5, 0.6) is 0 Å². The molecule has 92 valence electrons. The molecule has 1 heterocycles. The van der Waals surface area contributed by atoms with Crippen molar-refractivity contribution in [2.75, 3.05) is 11.4 Å². The fourth-order valence-corrected chi connectivity index (χ4v) is 3.36. The highest BCUT2D eigenvalue weighted by Crippen LogP contribution is 2.36. The molecule has 0 spiro atoms. The lowest BCUT2D eigenvalue weighted by molar-refractivity contribution is 0.168. The summed E-state index contributed by atoms with van der Waals surface area (Å²) in [6.07, 6.45) is 7.12. The van der Waals surface area contributed by atoms with Crippen LogP contribution in [0.25, 0.3) is 0 Å². The fourth-order valence-electron chi connectivity index (χ4n) is 3.36. The average molecular weight is 231 g/mol. The summed E-state index contributed by atoms with van der Waals surface area (Å²) in [6, 6.07) is 9.12. The van der Waals surface area contributed by atoms with E-state index >= 15 is 0 Å². The molecule has 2 heteroatoms. The Morgan fingerprint density at radius 3 is 2.59 bits per heavy atom. The van der Waals surface area contributed by atoms with Crippen molar-refractivity contribution in [3.8, 4) is 0 Å². The lowest BCUT2D eigenvalue weighted by atomic mass is 10.0. The second-order valence-corrected chi connectivity index (χ2v) is 5.35. The Kier molecular flexibility index (Phi) is 3.06. The maximum absolute atomic E-state index is 10.2.